The van der Waals surface area contributed by atoms with E-state index in [1.165, 1.54) is 0 Å². The van der Waals surface area contributed by atoms with E-state index >= 15 is 0 Å². The summed E-state index contributed by atoms with van der Waals surface area (Å²) in [5.74, 6) is 1.35. The highest BCUT2D eigenvalue weighted by atomic mass is 32.2. The molecule has 4 aromatic rings. The Labute approximate surface area is 222 Å². The molecule has 0 aliphatic carbocycles. The van der Waals surface area contributed by atoms with E-state index in [9.17, 15) is 13.2 Å². The van der Waals surface area contributed by atoms with Crippen LogP contribution in [0.25, 0.3) is 21.5 Å². The van der Waals surface area contributed by atoms with Gasteiger partial charge in [-0.1, -0.05) is 31.2 Å². The second-order valence-electron chi connectivity index (χ2n) is 10.0. The van der Waals surface area contributed by atoms with Crippen LogP contribution in [-0.2, 0) is 21.2 Å². The Hall–Kier alpha value is -3.69. The average molecular weight is 533 g/mol. The lowest BCUT2D eigenvalue weighted by atomic mass is 9.97. The van der Waals surface area contributed by atoms with Gasteiger partial charge >= 0.3 is 0 Å². The first-order valence-corrected chi connectivity index (χ1v) is 14.2. The second-order valence-corrected chi connectivity index (χ2v) is 11.7. The maximum absolute atomic E-state index is 13.7. The van der Waals surface area contributed by atoms with Crippen molar-refractivity contribution in [1.82, 2.24) is 14.6 Å². The standard InChI is InChI=1S/C29H32N4O4S/c1-19-10-13-33(14-11-19)29(34)27(16-20-3-4-22-9-12-31-28(30)26(22)15-20)32-38(35,36)25-8-6-21-5-7-24(37-2)17-23(21)18-25/h3-9,12,15,17-19,27,32H,10-11,13-14,16H2,1-2H3,(H2,30,31)/t27-/m0/s1. The number of rotatable bonds is 7. The molecule has 1 aromatic heterocycles. The topological polar surface area (TPSA) is 115 Å². The molecule has 0 spiro atoms. The van der Waals surface area contributed by atoms with E-state index in [0.29, 0.717) is 30.6 Å². The zero-order valence-electron chi connectivity index (χ0n) is 21.6. The third-order valence-electron chi connectivity index (χ3n) is 7.32. The summed E-state index contributed by atoms with van der Waals surface area (Å²) in [6.45, 7) is 3.40. The molecule has 1 aliphatic rings. The van der Waals surface area contributed by atoms with Gasteiger partial charge in [0.25, 0.3) is 0 Å². The molecular weight excluding hydrogens is 500 g/mol. The number of nitrogens with one attached hydrogen (secondary N) is 1. The molecule has 0 radical (unpaired) electrons. The predicted molar refractivity (Wildman–Crippen MR) is 149 cm³/mol. The predicted octanol–water partition coefficient (Wildman–Crippen LogP) is 4.13. The summed E-state index contributed by atoms with van der Waals surface area (Å²) in [4.78, 5) is 19.7. The van der Waals surface area contributed by atoms with Gasteiger partial charge in [-0.05, 0) is 83.3 Å². The molecule has 2 heterocycles. The van der Waals surface area contributed by atoms with E-state index in [4.69, 9.17) is 10.5 Å². The lowest BCUT2D eigenvalue weighted by molar-refractivity contribution is -0.134. The highest BCUT2D eigenvalue weighted by Crippen LogP contribution is 2.26. The number of anilines is 1. The van der Waals surface area contributed by atoms with Crippen molar-refractivity contribution in [3.05, 3.63) is 72.4 Å². The fourth-order valence-electron chi connectivity index (χ4n) is 4.98. The number of hydrogen-bond donors (Lipinski definition) is 2. The van der Waals surface area contributed by atoms with Crippen molar-refractivity contribution >= 4 is 43.3 Å². The average Bonchev–Trinajstić information content (AvgIpc) is 2.92. The first-order valence-electron chi connectivity index (χ1n) is 12.8. The van der Waals surface area contributed by atoms with Gasteiger partial charge in [0.2, 0.25) is 15.9 Å². The molecule has 198 valence electrons. The van der Waals surface area contributed by atoms with E-state index in [2.05, 4.69) is 16.6 Å². The fraction of sp³-hybridized carbons (Fsp3) is 0.310. The van der Waals surface area contributed by atoms with Crippen molar-refractivity contribution in [3.63, 3.8) is 0 Å². The fourth-order valence-corrected chi connectivity index (χ4v) is 6.21. The SMILES string of the molecule is COc1ccc2ccc(S(=O)(=O)N[C@@H](Cc3ccc4ccnc(N)c4c3)C(=O)N3CCC(C)CC3)cc2c1. The van der Waals surface area contributed by atoms with Gasteiger partial charge in [-0.25, -0.2) is 13.4 Å². The number of carbonyl (C=O) groups is 1. The third kappa shape index (κ3) is 5.44. The van der Waals surface area contributed by atoms with Crippen LogP contribution in [0.2, 0.25) is 0 Å². The molecule has 38 heavy (non-hydrogen) atoms. The van der Waals surface area contributed by atoms with Gasteiger partial charge < -0.3 is 15.4 Å². The number of methoxy groups -OCH3 is 1. The lowest BCUT2D eigenvalue weighted by Gasteiger charge is -2.33. The highest BCUT2D eigenvalue weighted by molar-refractivity contribution is 7.89. The van der Waals surface area contributed by atoms with Crippen LogP contribution in [0.15, 0.2) is 71.8 Å². The third-order valence-corrected chi connectivity index (χ3v) is 8.79. The zero-order chi connectivity index (χ0) is 26.9. The Balaban J connectivity index is 1.47. The number of nitrogen functional groups attached to an aromatic ring is 1. The number of sulfonamides is 1. The van der Waals surface area contributed by atoms with Gasteiger partial charge in [-0.3, -0.25) is 4.79 Å². The van der Waals surface area contributed by atoms with Gasteiger partial charge in [-0.15, -0.1) is 0 Å². The van der Waals surface area contributed by atoms with Crippen LogP contribution in [0.4, 0.5) is 5.82 Å². The minimum absolute atomic E-state index is 0.0928. The summed E-state index contributed by atoms with van der Waals surface area (Å²) in [6, 6.07) is 17.0. The number of fused-ring (bicyclic) bond motifs is 2. The zero-order valence-corrected chi connectivity index (χ0v) is 22.4. The first kappa shape index (κ1) is 25.9. The van der Waals surface area contributed by atoms with E-state index < -0.39 is 16.1 Å². The molecule has 1 amide bonds. The maximum Gasteiger partial charge on any atom is 0.241 e. The van der Waals surface area contributed by atoms with Crippen LogP contribution in [0.5, 0.6) is 5.75 Å². The molecule has 0 saturated carbocycles. The number of carbonyl (C=O) groups excluding carboxylic acids is 1. The molecular formula is C29H32N4O4S. The van der Waals surface area contributed by atoms with Crippen LogP contribution >= 0.6 is 0 Å². The molecule has 8 nitrogen and oxygen atoms in total. The summed E-state index contributed by atoms with van der Waals surface area (Å²) < 4.78 is 35.2. The van der Waals surface area contributed by atoms with Gasteiger partial charge in [0.05, 0.1) is 12.0 Å². The molecule has 3 N–H and O–H groups in total. The van der Waals surface area contributed by atoms with Crippen LogP contribution in [0, 0.1) is 5.92 Å². The number of hydrogen-bond acceptors (Lipinski definition) is 6. The van der Waals surface area contributed by atoms with Crippen LogP contribution in [0.1, 0.15) is 25.3 Å². The molecule has 1 aliphatic heterocycles. The van der Waals surface area contributed by atoms with Gasteiger partial charge in [-0.2, -0.15) is 4.72 Å². The molecule has 9 heteroatoms. The van der Waals surface area contributed by atoms with Crippen LogP contribution in [-0.4, -0.2) is 50.5 Å². The smallest absolute Gasteiger partial charge is 0.241 e. The van der Waals surface area contributed by atoms with Crippen LogP contribution < -0.4 is 15.2 Å². The summed E-state index contributed by atoms with van der Waals surface area (Å²) in [6.07, 6.45) is 3.63. The number of likely N-dealkylation sites (tertiary alicyclic amines) is 1. The Morgan fingerprint density at radius 3 is 2.55 bits per heavy atom. The minimum atomic E-state index is -4.01. The Kier molecular flexibility index (Phi) is 7.23. The molecule has 1 atom stereocenters. The second kappa shape index (κ2) is 10.6. The molecule has 5 rings (SSSR count). The number of ether oxygens (including phenoxy) is 1. The molecule has 0 unspecified atom stereocenters. The largest absolute Gasteiger partial charge is 0.497 e. The van der Waals surface area contributed by atoms with E-state index in [0.717, 1.165) is 39.9 Å². The van der Waals surface area contributed by atoms with E-state index in [-0.39, 0.29) is 17.2 Å². The van der Waals surface area contributed by atoms with Crippen molar-refractivity contribution in [2.24, 2.45) is 5.92 Å². The molecule has 1 saturated heterocycles. The van der Waals surface area contributed by atoms with Gasteiger partial charge in [0.15, 0.2) is 0 Å². The number of nitrogens with zero attached hydrogens (tertiary/aromatic N) is 2. The number of piperidine rings is 1. The van der Waals surface area contributed by atoms with Crippen molar-refractivity contribution in [3.8, 4) is 5.75 Å². The van der Waals surface area contributed by atoms with E-state index in [1.54, 1.807) is 42.5 Å². The maximum atomic E-state index is 13.7. The quantitative estimate of drug-likeness (QED) is 0.370. The summed E-state index contributed by atoms with van der Waals surface area (Å²) in [7, 11) is -2.44. The van der Waals surface area contributed by atoms with Gasteiger partial charge in [0, 0.05) is 24.7 Å². The number of amides is 1. The summed E-state index contributed by atoms with van der Waals surface area (Å²) in [5.41, 5.74) is 6.88. The van der Waals surface area contributed by atoms with Crippen LogP contribution in [0.3, 0.4) is 0 Å². The minimum Gasteiger partial charge on any atom is -0.497 e. The Morgan fingerprint density at radius 2 is 1.79 bits per heavy atom. The number of benzene rings is 3. The monoisotopic (exact) mass is 532 g/mol. The van der Waals surface area contributed by atoms with Gasteiger partial charge in [0.1, 0.15) is 17.6 Å². The van der Waals surface area contributed by atoms with E-state index in [1.807, 2.05) is 36.4 Å². The Bertz CT molecular complexity index is 1600. The summed E-state index contributed by atoms with van der Waals surface area (Å²) >= 11 is 0. The normalized spacial score (nSPS) is 15.6. The van der Waals surface area contributed by atoms with Crippen molar-refractivity contribution < 1.29 is 17.9 Å². The Morgan fingerprint density at radius 1 is 1.05 bits per heavy atom. The molecule has 3 aromatic carbocycles. The molecule has 1 fully saturated rings. The number of aromatic nitrogens is 1. The first-order chi connectivity index (χ1) is 18.2. The van der Waals surface area contributed by atoms with Crippen molar-refractivity contribution in [1.29, 1.82) is 0 Å². The number of nitrogens with two attached hydrogens (primary N) is 1. The summed E-state index contributed by atoms with van der Waals surface area (Å²) in [5, 5.41) is 3.33. The highest BCUT2D eigenvalue weighted by Gasteiger charge is 2.31. The molecule has 0 bridgehead atoms. The number of pyridine rings is 1. The lowest BCUT2D eigenvalue weighted by Crippen LogP contribution is -2.51. The van der Waals surface area contributed by atoms with Crippen molar-refractivity contribution in [2.45, 2.75) is 37.1 Å². The van der Waals surface area contributed by atoms with Crippen molar-refractivity contribution in [2.75, 3.05) is 25.9 Å².